The molecule has 27 heavy (non-hydrogen) atoms. The van der Waals surface area contributed by atoms with Crippen LogP contribution in [0.1, 0.15) is 5.56 Å². The molecule has 4 aromatic rings. The number of nitriles is 1. The number of fused-ring (bicyclic) bond motifs is 1. The van der Waals surface area contributed by atoms with Crippen LogP contribution in [0.2, 0.25) is 0 Å². The zero-order valence-corrected chi connectivity index (χ0v) is 13.8. The highest BCUT2D eigenvalue weighted by atomic mass is 19.3. The Hall–Kier alpha value is -3.80. The summed E-state index contributed by atoms with van der Waals surface area (Å²) in [7, 11) is 0. The highest BCUT2D eigenvalue weighted by molar-refractivity contribution is 5.82. The highest BCUT2D eigenvalue weighted by Crippen LogP contribution is 2.28. The normalized spacial score (nSPS) is 11.0. The van der Waals surface area contributed by atoms with E-state index in [2.05, 4.69) is 25.7 Å². The van der Waals surface area contributed by atoms with Crippen LogP contribution in [0.25, 0.3) is 33.8 Å². The molecule has 0 fully saturated rings. The SMILES string of the molecule is N#Cc1cc(-c2nnc(-c3ccc4[nH]ncc4c3)o2)ccc1NCC(F)F. The molecule has 0 amide bonds. The average Bonchev–Trinajstić information content (AvgIpc) is 3.34. The first-order valence-corrected chi connectivity index (χ1v) is 7.97. The molecule has 0 radical (unpaired) electrons. The van der Waals surface area contributed by atoms with E-state index in [9.17, 15) is 14.0 Å². The summed E-state index contributed by atoms with van der Waals surface area (Å²) in [5.74, 6) is 0.556. The quantitative estimate of drug-likeness (QED) is 0.556. The molecule has 0 unspecified atom stereocenters. The van der Waals surface area contributed by atoms with Crippen LogP contribution in [0.15, 0.2) is 47.0 Å². The van der Waals surface area contributed by atoms with Crippen molar-refractivity contribution in [1.82, 2.24) is 20.4 Å². The van der Waals surface area contributed by atoms with E-state index in [1.165, 1.54) is 12.1 Å². The minimum Gasteiger partial charge on any atom is -0.416 e. The molecule has 134 valence electrons. The van der Waals surface area contributed by atoms with Crippen LogP contribution >= 0.6 is 0 Å². The molecule has 4 rings (SSSR count). The van der Waals surface area contributed by atoms with Crippen molar-refractivity contribution < 1.29 is 13.2 Å². The van der Waals surface area contributed by atoms with E-state index in [1.54, 1.807) is 12.3 Å². The van der Waals surface area contributed by atoms with Crippen LogP contribution in [0.3, 0.4) is 0 Å². The Labute approximate surface area is 151 Å². The van der Waals surface area contributed by atoms with Crippen molar-refractivity contribution in [3.05, 3.63) is 48.2 Å². The van der Waals surface area contributed by atoms with Crippen molar-refractivity contribution in [3.8, 4) is 29.0 Å². The fourth-order valence-corrected chi connectivity index (χ4v) is 2.64. The molecule has 0 aliphatic heterocycles. The number of rotatable bonds is 5. The summed E-state index contributed by atoms with van der Waals surface area (Å²) in [5.41, 5.74) is 2.69. The largest absolute Gasteiger partial charge is 0.416 e. The molecule has 2 heterocycles. The number of hydrogen-bond acceptors (Lipinski definition) is 6. The molecule has 0 saturated carbocycles. The van der Waals surface area contributed by atoms with Crippen molar-refractivity contribution in [2.24, 2.45) is 0 Å². The van der Waals surface area contributed by atoms with Gasteiger partial charge in [-0.1, -0.05) is 0 Å². The highest BCUT2D eigenvalue weighted by Gasteiger charge is 2.14. The number of nitrogens with one attached hydrogen (secondary N) is 2. The lowest BCUT2D eigenvalue weighted by Crippen LogP contribution is -2.11. The summed E-state index contributed by atoms with van der Waals surface area (Å²) in [6.07, 6.45) is -0.817. The molecule has 9 heteroatoms. The lowest BCUT2D eigenvalue weighted by Gasteiger charge is -2.08. The molecule has 0 aliphatic rings. The maximum Gasteiger partial charge on any atom is 0.255 e. The topological polar surface area (TPSA) is 103 Å². The first kappa shape index (κ1) is 16.7. The van der Waals surface area contributed by atoms with Gasteiger partial charge in [0.25, 0.3) is 6.43 Å². The molecule has 0 spiro atoms. The number of aromatic amines is 1. The minimum absolute atomic E-state index is 0.215. The van der Waals surface area contributed by atoms with Gasteiger partial charge in [0, 0.05) is 16.5 Å². The standard InChI is InChI=1S/C18H12F2N6O/c19-16(20)9-22-14-3-1-10(5-12(14)7-21)17-25-26-18(27-17)11-2-4-15-13(6-11)8-23-24-15/h1-6,8,16,22H,9H2,(H,23,24). The summed E-state index contributed by atoms with van der Waals surface area (Å²) >= 11 is 0. The van der Waals surface area contributed by atoms with E-state index in [-0.39, 0.29) is 11.5 Å². The van der Waals surface area contributed by atoms with Gasteiger partial charge in [0.1, 0.15) is 6.07 Å². The second-order valence-corrected chi connectivity index (χ2v) is 5.73. The molecule has 0 bridgehead atoms. The van der Waals surface area contributed by atoms with E-state index in [0.717, 1.165) is 16.5 Å². The fraction of sp³-hybridized carbons (Fsp3) is 0.111. The van der Waals surface area contributed by atoms with Gasteiger partial charge in [0.05, 0.1) is 29.5 Å². The third-order valence-electron chi connectivity index (χ3n) is 3.95. The van der Waals surface area contributed by atoms with Crippen LogP contribution in [-0.2, 0) is 0 Å². The van der Waals surface area contributed by atoms with Gasteiger partial charge in [-0.15, -0.1) is 10.2 Å². The predicted molar refractivity (Wildman–Crippen MR) is 94.0 cm³/mol. The molecule has 7 nitrogen and oxygen atoms in total. The number of alkyl halides is 2. The average molecular weight is 366 g/mol. The van der Waals surface area contributed by atoms with E-state index >= 15 is 0 Å². The fourth-order valence-electron chi connectivity index (χ4n) is 2.64. The zero-order valence-electron chi connectivity index (χ0n) is 13.8. The second-order valence-electron chi connectivity index (χ2n) is 5.73. The maximum absolute atomic E-state index is 12.4. The Balaban J connectivity index is 1.63. The van der Waals surface area contributed by atoms with Crippen molar-refractivity contribution >= 4 is 16.6 Å². The lowest BCUT2D eigenvalue weighted by atomic mass is 10.1. The van der Waals surface area contributed by atoms with Gasteiger partial charge < -0.3 is 9.73 Å². The molecule has 2 aromatic carbocycles. The van der Waals surface area contributed by atoms with Gasteiger partial charge in [-0.05, 0) is 36.4 Å². The van der Waals surface area contributed by atoms with Gasteiger partial charge in [0.15, 0.2) is 0 Å². The van der Waals surface area contributed by atoms with Crippen LogP contribution in [-0.4, -0.2) is 33.4 Å². The maximum atomic E-state index is 12.4. The summed E-state index contributed by atoms with van der Waals surface area (Å²) in [5, 5.41) is 27.6. The van der Waals surface area contributed by atoms with Gasteiger partial charge in [-0.25, -0.2) is 8.78 Å². The van der Waals surface area contributed by atoms with Crippen molar-refractivity contribution in [2.45, 2.75) is 6.43 Å². The number of benzene rings is 2. The van der Waals surface area contributed by atoms with Crippen molar-refractivity contribution in [3.63, 3.8) is 0 Å². The number of nitrogens with zero attached hydrogens (tertiary/aromatic N) is 4. The van der Waals surface area contributed by atoms with E-state index < -0.39 is 13.0 Å². The number of anilines is 1. The Kier molecular flexibility index (Phi) is 4.22. The summed E-state index contributed by atoms with van der Waals surface area (Å²) in [6.45, 7) is -0.533. The number of halogens is 2. The Bertz CT molecular complexity index is 1140. The Morgan fingerprint density at radius 3 is 2.59 bits per heavy atom. The third-order valence-corrected chi connectivity index (χ3v) is 3.95. The van der Waals surface area contributed by atoms with Gasteiger partial charge in [-0.2, -0.15) is 10.4 Å². The predicted octanol–water partition coefficient (Wildman–Crippen LogP) is 3.83. The summed E-state index contributed by atoms with van der Waals surface area (Å²) in [4.78, 5) is 0. The van der Waals surface area contributed by atoms with Gasteiger partial charge >= 0.3 is 0 Å². The molecule has 0 aliphatic carbocycles. The van der Waals surface area contributed by atoms with Gasteiger partial charge in [-0.3, -0.25) is 5.10 Å². The molecule has 2 aromatic heterocycles. The Morgan fingerprint density at radius 2 is 1.85 bits per heavy atom. The number of hydrogen-bond donors (Lipinski definition) is 2. The van der Waals surface area contributed by atoms with Crippen LogP contribution < -0.4 is 5.32 Å². The molecule has 0 saturated heterocycles. The van der Waals surface area contributed by atoms with E-state index in [1.807, 2.05) is 24.3 Å². The third kappa shape index (κ3) is 3.32. The van der Waals surface area contributed by atoms with Crippen LogP contribution in [0, 0.1) is 11.3 Å². The zero-order chi connectivity index (χ0) is 18.8. The van der Waals surface area contributed by atoms with E-state index in [4.69, 9.17) is 4.42 Å². The Morgan fingerprint density at radius 1 is 1.11 bits per heavy atom. The molecular formula is C18H12F2N6O. The van der Waals surface area contributed by atoms with Crippen molar-refractivity contribution in [2.75, 3.05) is 11.9 Å². The smallest absolute Gasteiger partial charge is 0.255 e. The molecular weight excluding hydrogens is 354 g/mol. The van der Waals surface area contributed by atoms with E-state index in [0.29, 0.717) is 17.1 Å². The first-order valence-electron chi connectivity index (χ1n) is 7.97. The van der Waals surface area contributed by atoms with Gasteiger partial charge in [0.2, 0.25) is 11.8 Å². The van der Waals surface area contributed by atoms with Crippen molar-refractivity contribution in [1.29, 1.82) is 5.26 Å². The number of aromatic nitrogens is 4. The monoisotopic (exact) mass is 366 g/mol. The minimum atomic E-state index is -2.51. The van der Waals surface area contributed by atoms with Crippen LogP contribution in [0.4, 0.5) is 14.5 Å². The lowest BCUT2D eigenvalue weighted by molar-refractivity contribution is 0.163. The summed E-state index contributed by atoms with van der Waals surface area (Å²) in [6, 6.07) is 12.2. The van der Waals surface area contributed by atoms with Crippen LogP contribution in [0.5, 0.6) is 0 Å². The second kappa shape index (κ2) is 6.84. The number of H-pyrrole nitrogens is 1. The first-order chi connectivity index (χ1) is 13.1. The molecule has 0 atom stereocenters. The molecule has 2 N–H and O–H groups in total. The summed E-state index contributed by atoms with van der Waals surface area (Å²) < 4.78 is 30.4.